The molecule has 1 aromatic rings. The highest BCUT2D eigenvalue weighted by atomic mass is 16.2. The molecule has 2 aliphatic heterocycles. The van der Waals surface area contributed by atoms with Crippen molar-refractivity contribution in [2.24, 2.45) is 11.7 Å². The molecule has 0 aromatic heterocycles. The maximum atomic E-state index is 12.8. The van der Waals surface area contributed by atoms with Crippen molar-refractivity contribution >= 4 is 23.3 Å². The first-order valence-electron chi connectivity index (χ1n) is 12.1. The first-order valence-corrected chi connectivity index (χ1v) is 12.1. The number of carbonyl (C=O) groups excluding carboxylic acids is 2. The Morgan fingerprint density at radius 1 is 0.935 bits per heavy atom. The number of likely N-dealkylation sites (tertiary alicyclic amines) is 1. The van der Waals surface area contributed by atoms with Crippen LogP contribution < -0.4 is 21.3 Å². The van der Waals surface area contributed by atoms with Crippen LogP contribution >= 0.6 is 0 Å². The predicted octanol–water partition coefficient (Wildman–Crippen LogP) is 3.55. The van der Waals surface area contributed by atoms with Crippen LogP contribution in [0.2, 0.25) is 0 Å². The Kier molecular flexibility index (Phi) is 7.33. The number of hydrogen-bond acceptors (Lipinski definition) is 4. The second-order valence-electron chi connectivity index (χ2n) is 9.47. The maximum Gasteiger partial charge on any atom is 0.319 e. The first-order chi connectivity index (χ1) is 15.1. The van der Waals surface area contributed by atoms with Gasteiger partial charge in [0.15, 0.2) is 0 Å². The molecule has 3 fully saturated rings. The zero-order chi connectivity index (χ0) is 21.6. The van der Waals surface area contributed by atoms with E-state index >= 15 is 0 Å². The van der Waals surface area contributed by atoms with Gasteiger partial charge in [-0.25, -0.2) is 4.79 Å². The van der Waals surface area contributed by atoms with Gasteiger partial charge < -0.3 is 26.2 Å². The third-order valence-corrected chi connectivity index (χ3v) is 7.14. The molecule has 4 N–H and O–H groups in total. The molecule has 2 saturated heterocycles. The molecular weight excluding hydrogens is 390 g/mol. The molecule has 1 aromatic carbocycles. The Balaban J connectivity index is 1.33. The Morgan fingerprint density at radius 3 is 2.32 bits per heavy atom. The van der Waals surface area contributed by atoms with Crippen molar-refractivity contribution in [3.05, 3.63) is 23.8 Å². The average molecular weight is 428 g/mol. The molecule has 3 aliphatic rings. The first kappa shape index (κ1) is 21.9. The number of benzene rings is 1. The molecule has 7 nitrogen and oxygen atoms in total. The Hall–Kier alpha value is -2.28. The van der Waals surface area contributed by atoms with Crippen molar-refractivity contribution in [2.75, 3.05) is 42.9 Å². The minimum atomic E-state index is -0.483. The summed E-state index contributed by atoms with van der Waals surface area (Å²) >= 11 is 0. The largest absolute Gasteiger partial charge is 0.370 e. The highest BCUT2D eigenvalue weighted by Crippen LogP contribution is 2.30. The lowest BCUT2D eigenvalue weighted by Gasteiger charge is -2.34. The minimum Gasteiger partial charge on any atom is -0.370 e. The lowest BCUT2D eigenvalue weighted by Crippen LogP contribution is -2.46. The number of carbonyl (C=O) groups is 2. The summed E-state index contributed by atoms with van der Waals surface area (Å²) in [5.74, 6) is 0.391. The van der Waals surface area contributed by atoms with E-state index in [1.807, 2.05) is 6.07 Å². The van der Waals surface area contributed by atoms with Crippen LogP contribution in [-0.2, 0) is 0 Å². The van der Waals surface area contributed by atoms with E-state index in [9.17, 15) is 9.59 Å². The van der Waals surface area contributed by atoms with Crippen LogP contribution in [0.5, 0.6) is 0 Å². The van der Waals surface area contributed by atoms with Crippen LogP contribution in [0.25, 0.3) is 0 Å². The number of piperidine rings is 2. The molecule has 0 unspecified atom stereocenters. The Labute approximate surface area is 185 Å². The zero-order valence-electron chi connectivity index (χ0n) is 18.6. The van der Waals surface area contributed by atoms with Gasteiger partial charge in [-0.15, -0.1) is 0 Å². The van der Waals surface area contributed by atoms with Crippen molar-refractivity contribution in [1.29, 1.82) is 0 Å². The fraction of sp³-hybridized carbons (Fsp3) is 0.667. The molecule has 0 radical (unpaired) electrons. The van der Waals surface area contributed by atoms with Gasteiger partial charge >= 0.3 is 6.03 Å². The Bertz CT molecular complexity index is 763. The summed E-state index contributed by atoms with van der Waals surface area (Å²) in [5.41, 5.74) is 7.52. The van der Waals surface area contributed by atoms with Gasteiger partial charge in [-0.3, -0.25) is 4.79 Å². The van der Waals surface area contributed by atoms with Gasteiger partial charge in [0.1, 0.15) is 0 Å². The molecule has 4 rings (SSSR count). The summed E-state index contributed by atoms with van der Waals surface area (Å²) < 4.78 is 0. The fourth-order valence-corrected chi connectivity index (χ4v) is 5.36. The summed E-state index contributed by atoms with van der Waals surface area (Å²) in [5, 5.41) is 6.16. The maximum absolute atomic E-state index is 12.8. The number of nitrogens with one attached hydrogen (secondary N) is 2. The van der Waals surface area contributed by atoms with E-state index in [1.165, 1.54) is 38.6 Å². The number of amides is 3. The third-order valence-electron chi connectivity index (χ3n) is 7.14. The van der Waals surface area contributed by atoms with Gasteiger partial charge in [-0.05, 0) is 69.1 Å². The third kappa shape index (κ3) is 5.91. The van der Waals surface area contributed by atoms with E-state index in [4.69, 9.17) is 5.73 Å². The standard InChI is InChI=1S/C24H37N5O2/c25-23(30)19-8-9-22(29-12-4-1-5-13-29)21(16-19)27-24(31)26-20-10-14-28(15-11-20)17-18-6-2-3-7-18/h8-9,16,18,20H,1-7,10-15,17H2,(H2,25,30)(H2,26,27,31). The van der Waals surface area contributed by atoms with Crippen LogP contribution in [0, 0.1) is 5.92 Å². The molecule has 3 amide bonds. The number of hydrogen-bond donors (Lipinski definition) is 3. The monoisotopic (exact) mass is 427 g/mol. The summed E-state index contributed by atoms with van der Waals surface area (Å²) in [4.78, 5) is 29.3. The normalized spacial score (nSPS) is 21.2. The van der Waals surface area contributed by atoms with E-state index in [2.05, 4.69) is 20.4 Å². The molecule has 0 atom stereocenters. The minimum absolute atomic E-state index is 0.192. The molecule has 7 heteroatoms. The lowest BCUT2D eigenvalue weighted by atomic mass is 10.0. The van der Waals surface area contributed by atoms with Crippen molar-refractivity contribution in [2.45, 2.75) is 63.8 Å². The van der Waals surface area contributed by atoms with Crippen LogP contribution in [-0.4, -0.2) is 55.6 Å². The van der Waals surface area contributed by atoms with Gasteiger partial charge in [0.2, 0.25) is 5.91 Å². The quantitative estimate of drug-likeness (QED) is 0.647. The molecular formula is C24H37N5O2. The van der Waals surface area contributed by atoms with E-state index in [0.29, 0.717) is 11.3 Å². The molecule has 2 heterocycles. The molecule has 1 saturated carbocycles. The zero-order valence-corrected chi connectivity index (χ0v) is 18.6. The van der Waals surface area contributed by atoms with Crippen molar-refractivity contribution in [1.82, 2.24) is 10.2 Å². The van der Waals surface area contributed by atoms with Crippen molar-refractivity contribution in [3.8, 4) is 0 Å². The van der Waals surface area contributed by atoms with Gasteiger partial charge in [0.25, 0.3) is 0 Å². The summed E-state index contributed by atoms with van der Waals surface area (Å²) in [6, 6.07) is 5.35. The number of nitrogens with two attached hydrogens (primary N) is 1. The van der Waals surface area contributed by atoms with Gasteiger partial charge in [-0.1, -0.05) is 12.8 Å². The van der Waals surface area contributed by atoms with Gasteiger partial charge in [0, 0.05) is 44.3 Å². The molecule has 0 bridgehead atoms. The SMILES string of the molecule is NC(=O)c1ccc(N2CCCCC2)c(NC(=O)NC2CCN(CC3CCCC3)CC2)c1. The second kappa shape index (κ2) is 10.4. The van der Waals surface area contributed by atoms with E-state index in [-0.39, 0.29) is 12.1 Å². The molecule has 0 spiro atoms. The highest BCUT2D eigenvalue weighted by molar-refractivity contribution is 5.99. The van der Waals surface area contributed by atoms with Gasteiger partial charge in [0.05, 0.1) is 11.4 Å². The predicted molar refractivity (Wildman–Crippen MR) is 125 cm³/mol. The van der Waals surface area contributed by atoms with Crippen LogP contribution in [0.15, 0.2) is 18.2 Å². The molecule has 170 valence electrons. The second-order valence-corrected chi connectivity index (χ2v) is 9.47. The topological polar surface area (TPSA) is 90.7 Å². The Morgan fingerprint density at radius 2 is 1.65 bits per heavy atom. The average Bonchev–Trinajstić information content (AvgIpc) is 3.29. The van der Waals surface area contributed by atoms with Gasteiger partial charge in [-0.2, -0.15) is 0 Å². The van der Waals surface area contributed by atoms with Crippen molar-refractivity contribution in [3.63, 3.8) is 0 Å². The smallest absolute Gasteiger partial charge is 0.319 e. The van der Waals surface area contributed by atoms with Crippen LogP contribution in [0.4, 0.5) is 16.2 Å². The van der Waals surface area contributed by atoms with Crippen molar-refractivity contribution < 1.29 is 9.59 Å². The number of nitrogens with zero attached hydrogens (tertiary/aromatic N) is 2. The highest BCUT2D eigenvalue weighted by Gasteiger charge is 2.25. The number of rotatable bonds is 6. The summed E-state index contributed by atoms with van der Waals surface area (Å²) in [6.07, 6.45) is 11.0. The lowest BCUT2D eigenvalue weighted by molar-refractivity contribution is 0.1000. The number of urea groups is 1. The summed E-state index contributed by atoms with van der Waals surface area (Å²) in [6.45, 7) is 5.25. The van der Waals surface area contributed by atoms with Crippen LogP contribution in [0.3, 0.4) is 0 Å². The molecule has 31 heavy (non-hydrogen) atoms. The van der Waals surface area contributed by atoms with E-state index in [1.54, 1.807) is 12.1 Å². The fourth-order valence-electron chi connectivity index (χ4n) is 5.36. The number of primary amides is 1. The molecule has 1 aliphatic carbocycles. The van der Waals surface area contributed by atoms with Crippen LogP contribution in [0.1, 0.15) is 68.1 Å². The van der Waals surface area contributed by atoms with E-state index in [0.717, 1.165) is 63.5 Å². The summed E-state index contributed by atoms with van der Waals surface area (Å²) in [7, 11) is 0. The van der Waals surface area contributed by atoms with E-state index < -0.39 is 5.91 Å². The number of anilines is 2.